The van der Waals surface area contributed by atoms with E-state index < -0.39 is 26.9 Å². The molecule has 11 nitrogen and oxygen atoms in total. The minimum atomic E-state index is -3.97. The lowest BCUT2D eigenvalue weighted by Gasteiger charge is -2.25. The number of halogens is 1. The fourth-order valence-electron chi connectivity index (χ4n) is 4.24. The Bertz CT molecular complexity index is 1080. The topological polar surface area (TPSA) is 130 Å². The molecule has 2 fully saturated rings. The third-order valence-corrected chi connectivity index (χ3v) is 8.11. The maximum Gasteiger partial charge on any atom is 0.240 e. The van der Waals surface area contributed by atoms with E-state index in [4.69, 9.17) is 25.8 Å². The lowest BCUT2D eigenvalue weighted by molar-refractivity contribution is 0.0443. The first-order valence-electron chi connectivity index (χ1n) is 10.8. The minimum absolute atomic E-state index is 0.111. The Labute approximate surface area is 198 Å². The predicted molar refractivity (Wildman–Crippen MR) is 120 cm³/mol. The van der Waals surface area contributed by atoms with E-state index >= 15 is 0 Å². The Morgan fingerprint density at radius 1 is 1.27 bits per heavy atom. The van der Waals surface area contributed by atoms with Crippen molar-refractivity contribution >= 4 is 27.6 Å². The fraction of sp³-hybridized carbons (Fsp3) is 0.700. The molecule has 0 aromatic carbocycles. The maximum absolute atomic E-state index is 13.4. The van der Waals surface area contributed by atoms with Crippen molar-refractivity contribution in [1.29, 1.82) is 0 Å². The normalized spacial score (nSPS) is 23.9. The Balaban J connectivity index is 1.65. The molecular weight excluding hydrogens is 472 g/mol. The van der Waals surface area contributed by atoms with E-state index in [1.165, 1.54) is 26.4 Å². The van der Waals surface area contributed by atoms with E-state index in [1.54, 1.807) is 7.11 Å². The van der Waals surface area contributed by atoms with Gasteiger partial charge in [-0.05, 0) is 39.5 Å². The van der Waals surface area contributed by atoms with Crippen LogP contribution in [0.4, 0.5) is 5.95 Å². The summed E-state index contributed by atoms with van der Waals surface area (Å²) in [6.07, 6.45) is 5.12. The summed E-state index contributed by atoms with van der Waals surface area (Å²) >= 11 is 5.86. The van der Waals surface area contributed by atoms with Crippen LogP contribution in [0, 0.1) is 0 Å². The van der Waals surface area contributed by atoms with Gasteiger partial charge < -0.3 is 14.2 Å². The number of methoxy groups -OCH3 is 2. The molecule has 1 saturated heterocycles. The highest BCUT2D eigenvalue weighted by Crippen LogP contribution is 2.48. The standard InChI is InChI=1S/C20H29ClN6O5S/c1-12-5-6-15(32-12)18-24-25-19(27(18)20(7-8-20)11-30-3)26-33(28,29)13(2)16(31-4)17-22-9-14(21)10-23-17/h9-10,12-13,15-16H,5-8,11H2,1-4H3,(H,25,26)/t12-,13-,15-,16-/m0/s1. The summed E-state index contributed by atoms with van der Waals surface area (Å²) in [5.74, 6) is 0.971. The third-order valence-electron chi connectivity index (χ3n) is 6.22. The summed E-state index contributed by atoms with van der Waals surface area (Å²) in [6.45, 7) is 3.96. The first-order valence-corrected chi connectivity index (χ1v) is 12.8. The molecule has 0 spiro atoms. The highest BCUT2D eigenvalue weighted by molar-refractivity contribution is 7.93. The average molecular weight is 501 g/mol. The average Bonchev–Trinajstić information content (AvgIpc) is 3.21. The summed E-state index contributed by atoms with van der Waals surface area (Å²) in [4.78, 5) is 8.24. The number of sulfonamides is 1. The lowest BCUT2D eigenvalue weighted by Crippen LogP contribution is -2.35. The van der Waals surface area contributed by atoms with E-state index in [2.05, 4.69) is 24.9 Å². The molecule has 0 unspecified atom stereocenters. The van der Waals surface area contributed by atoms with Crippen LogP contribution in [0.1, 0.15) is 63.4 Å². The molecule has 13 heteroatoms. The Kier molecular flexibility index (Phi) is 6.92. The van der Waals surface area contributed by atoms with Gasteiger partial charge in [-0.1, -0.05) is 11.6 Å². The van der Waals surface area contributed by atoms with Gasteiger partial charge in [-0.15, -0.1) is 10.2 Å². The Morgan fingerprint density at radius 3 is 2.52 bits per heavy atom. The van der Waals surface area contributed by atoms with Crippen molar-refractivity contribution in [2.75, 3.05) is 25.5 Å². The zero-order chi connectivity index (χ0) is 23.8. The predicted octanol–water partition coefficient (Wildman–Crippen LogP) is 2.61. The highest BCUT2D eigenvalue weighted by Gasteiger charge is 2.50. The molecule has 1 saturated carbocycles. The monoisotopic (exact) mass is 500 g/mol. The molecule has 1 aliphatic carbocycles. The number of hydrogen-bond donors (Lipinski definition) is 1. The molecule has 33 heavy (non-hydrogen) atoms. The number of rotatable bonds is 10. The van der Waals surface area contributed by atoms with E-state index in [0.717, 1.165) is 25.7 Å². The van der Waals surface area contributed by atoms with Gasteiger partial charge in [0.15, 0.2) is 11.6 Å². The molecule has 2 aromatic rings. The second-order valence-corrected chi connectivity index (χ2v) is 11.1. The van der Waals surface area contributed by atoms with Gasteiger partial charge in [0.05, 0.1) is 23.3 Å². The van der Waals surface area contributed by atoms with Gasteiger partial charge in [-0.25, -0.2) is 18.4 Å². The summed E-state index contributed by atoms with van der Waals surface area (Å²) < 4.78 is 48.1. The van der Waals surface area contributed by atoms with Crippen LogP contribution in [0.2, 0.25) is 5.02 Å². The second-order valence-electron chi connectivity index (χ2n) is 8.66. The molecule has 0 bridgehead atoms. The van der Waals surface area contributed by atoms with Crippen molar-refractivity contribution in [3.8, 4) is 0 Å². The van der Waals surface area contributed by atoms with Gasteiger partial charge in [0.25, 0.3) is 0 Å². The fourth-order valence-corrected chi connectivity index (χ4v) is 5.46. The number of ether oxygens (including phenoxy) is 3. The molecule has 182 valence electrons. The summed E-state index contributed by atoms with van der Waals surface area (Å²) in [5, 5.41) is 7.86. The van der Waals surface area contributed by atoms with Crippen LogP contribution in [0.15, 0.2) is 12.4 Å². The molecule has 0 radical (unpaired) electrons. The van der Waals surface area contributed by atoms with Crippen LogP contribution >= 0.6 is 11.6 Å². The van der Waals surface area contributed by atoms with Crippen molar-refractivity contribution in [3.05, 3.63) is 29.1 Å². The quantitative estimate of drug-likeness (QED) is 0.522. The molecule has 0 amide bonds. The number of aromatic nitrogens is 5. The van der Waals surface area contributed by atoms with E-state index in [0.29, 0.717) is 17.5 Å². The molecule has 2 aliphatic rings. The molecule has 4 rings (SSSR count). The zero-order valence-corrected chi connectivity index (χ0v) is 20.6. The summed E-state index contributed by atoms with van der Waals surface area (Å²) in [7, 11) is -0.934. The van der Waals surface area contributed by atoms with Gasteiger partial charge in [-0.2, -0.15) is 0 Å². The van der Waals surface area contributed by atoms with Crippen molar-refractivity contribution in [2.45, 2.75) is 68.6 Å². The van der Waals surface area contributed by atoms with Crippen LogP contribution < -0.4 is 4.72 Å². The first kappa shape index (κ1) is 24.3. The SMILES string of the molecule is COCC1(n2c(NS(=O)(=O)[C@@H](C)[C@H](OC)c3ncc(Cl)cn3)nnc2[C@@H]2CC[C@H](C)O2)CC1. The number of nitrogens with zero attached hydrogens (tertiary/aromatic N) is 5. The Hall–Kier alpha value is -1.86. The second kappa shape index (κ2) is 9.41. The van der Waals surface area contributed by atoms with Gasteiger partial charge >= 0.3 is 0 Å². The molecule has 1 N–H and O–H groups in total. The number of nitrogens with one attached hydrogen (secondary N) is 1. The van der Waals surface area contributed by atoms with Crippen LogP contribution in [0.3, 0.4) is 0 Å². The van der Waals surface area contributed by atoms with Gasteiger partial charge in [-0.3, -0.25) is 9.29 Å². The smallest absolute Gasteiger partial charge is 0.240 e. The first-order chi connectivity index (χ1) is 15.7. The van der Waals surface area contributed by atoms with Crippen molar-refractivity contribution in [3.63, 3.8) is 0 Å². The molecule has 3 heterocycles. The molecule has 1 aliphatic heterocycles. The van der Waals surface area contributed by atoms with E-state index in [-0.39, 0.29) is 24.0 Å². The Morgan fingerprint density at radius 2 is 1.97 bits per heavy atom. The van der Waals surface area contributed by atoms with Gasteiger partial charge in [0.2, 0.25) is 16.0 Å². The van der Waals surface area contributed by atoms with Crippen LogP contribution in [-0.4, -0.2) is 65.3 Å². The van der Waals surface area contributed by atoms with Gasteiger partial charge in [0.1, 0.15) is 17.5 Å². The number of hydrogen-bond acceptors (Lipinski definition) is 9. The maximum atomic E-state index is 13.4. The van der Waals surface area contributed by atoms with Crippen molar-refractivity contribution in [1.82, 2.24) is 24.7 Å². The van der Waals surface area contributed by atoms with E-state index in [9.17, 15) is 8.42 Å². The van der Waals surface area contributed by atoms with Crippen molar-refractivity contribution in [2.24, 2.45) is 0 Å². The largest absolute Gasteiger partial charge is 0.382 e. The third kappa shape index (κ3) is 4.85. The van der Waals surface area contributed by atoms with Crippen molar-refractivity contribution < 1.29 is 22.6 Å². The van der Waals surface area contributed by atoms with Crippen LogP contribution in [0.5, 0.6) is 0 Å². The van der Waals surface area contributed by atoms with Crippen LogP contribution in [-0.2, 0) is 29.8 Å². The lowest BCUT2D eigenvalue weighted by atomic mass is 10.2. The molecule has 2 aromatic heterocycles. The molecular formula is C20H29ClN6O5S. The zero-order valence-electron chi connectivity index (χ0n) is 19.1. The van der Waals surface area contributed by atoms with E-state index in [1.807, 2.05) is 11.5 Å². The molecule has 4 atom stereocenters. The summed E-state index contributed by atoms with van der Waals surface area (Å²) in [6, 6.07) is 0. The van der Waals surface area contributed by atoms with Gasteiger partial charge in [0, 0.05) is 26.6 Å². The summed E-state index contributed by atoms with van der Waals surface area (Å²) in [5.41, 5.74) is -0.399. The number of anilines is 1. The van der Waals surface area contributed by atoms with Crippen LogP contribution in [0.25, 0.3) is 0 Å². The highest BCUT2D eigenvalue weighted by atomic mass is 35.5. The minimum Gasteiger partial charge on any atom is -0.382 e.